The van der Waals surface area contributed by atoms with Gasteiger partial charge in [-0.05, 0) is 49.7 Å². The summed E-state index contributed by atoms with van der Waals surface area (Å²) in [4.78, 5) is 27.2. The average molecular weight is 321 g/mol. The van der Waals surface area contributed by atoms with Crippen LogP contribution in [-0.4, -0.2) is 22.3 Å². The molecular formula is C15H19N3O3S. The number of carbonyl (C=O) groups is 2. The lowest BCUT2D eigenvalue weighted by Gasteiger charge is -2.29. The first-order valence-electron chi connectivity index (χ1n) is 6.96. The van der Waals surface area contributed by atoms with Gasteiger partial charge in [0, 0.05) is 5.56 Å². The van der Waals surface area contributed by atoms with Crippen LogP contribution in [0.3, 0.4) is 0 Å². The fourth-order valence-corrected chi connectivity index (χ4v) is 2.64. The Morgan fingerprint density at radius 1 is 1.45 bits per heavy atom. The van der Waals surface area contributed by atoms with Gasteiger partial charge in [-0.25, -0.2) is 0 Å². The minimum atomic E-state index is -1.10. The van der Waals surface area contributed by atoms with E-state index in [0.29, 0.717) is 23.1 Å². The third-order valence-electron chi connectivity index (χ3n) is 3.43. The van der Waals surface area contributed by atoms with E-state index in [1.54, 1.807) is 25.1 Å². The second kappa shape index (κ2) is 5.92. The molecular weight excluding hydrogens is 302 g/mol. The number of aromatic amines is 1. The van der Waals surface area contributed by atoms with E-state index >= 15 is 0 Å². The molecule has 0 saturated heterocycles. The number of amides is 2. The van der Waals surface area contributed by atoms with Crippen LogP contribution < -0.4 is 11.1 Å². The molecule has 2 rings (SSSR count). The van der Waals surface area contributed by atoms with Crippen LogP contribution in [0.25, 0.3) is 11.1 Å². The number of rotatable bonds is 5. The molecule has 22 heavy (non-hydrogen) atoms. The second-order valence-electron chi connectivity index (χ2n) is 5.97. The molecule has 6 nitrogen and oxygen atoms in total. The van der Waals surface area contributed by atoms with Crippen LogP contribution in [0.5, 0.6) is 0 Å². The molecule has 2 aromatic rings. The van der Waals surface area contributed by atoms with Gasteiger partial charge in [0.2, 0.25) is 5.91 Å². The molecule has 1 aromatic carbocycles. The third-order valence-corrected chi connectivity index (χ3v) is 3.62. The monoisotopic (exact) mass is 321 g/mol. The summed E-state index contributed by atoms with van der Waals surface area (Å²) in [5.41, 5.74) is 5.92. The van der Waals surface area contributed by atoms with Crippen molar-refractivity contribution in [3.8, 4) is 0 Å². The molecule has 1 heterocycles. The molecule has 2 amide bonds. The fourth-order valence-electron chi connectivity index (χ4n) is 2.44. The van der Waals surface area contributed by atoms with Crippen molar-refractivity contribution in [1.29, 1.82) is 0 Å². The normalized spacial score (nSPS) is 14.0. The maximum Gasteiger partial charge on any atom is 0.266 e. The largest absolute Gasteiger partial charge is 0.429 e. The van der Waals surface area contributed by atoms with Crippen molar-refractivity contribution >= 4 is 35.1 Å². The number of nitrogens with one attached hydrogen (secondary N) is 2. The van der Waals surface area contributed by atoms with Gasteiger partial charge in [0.15, 0.2) is 5.58 Å². The molecule has 7 heteroatoms. The van der Waals surface area contributed by atoms with Crippen molar-refractivity contribution in [2.24, 2.45) is 11.7 Å². The predicted octanol–water partition coefficient (Wildman–Crippen LogP) is 2.51. The van der Waals surface area contributed by atoms with Gasteiger partial charge < -0.3 is 20.5 Å². The Labute approximate surface area is 133 Å². The Bertz CT molecular complexity index is 778. The highest BCUT2D eigenvalue weighted by Crippen LogP contribution is 2.19. The second-order valence-corrected chi connectivity index (χ2v) is 6.34. The molecule has 0 spiro atoms. The van der Waals surface area contributed by atoms with E-state index in [1.165, 1.54) is 0 Å². The number of fused-ring (bicyclic) bond motifs is 1. The third kappa shape index (κ3) is 3.36. The smallest absolute Gasteiger partial charge is 0.266 e. The minimum Gasteiger partial charge on any atom is -0.429 e. The van der Waals surface area contributed by atoms with E-state index in [1.807, 2.05) is 13.8 Å². The van der Waals surface area contributed by atoms with Crippen molar-refractivity contribution in [2.45, 2.75) is 32.7 Å². The number of H-pyrrole nitrogens is 1. The fraction of sp³-hybridized carbons (Fsp3) is 0.400. The van der Waals surface area contributed by atoms with Crippen molar-refractivity contribution in [3.05, 3.63) is 28.6 Å². The van der Waals surface area contributed by atoms with Gasteiger partial charge in [-0.2, -0.15) is 0 Å². The summed E-state index contributed by atoms with van der Waals surface area (Å²) in [7, 11) is 0. The Hall–Kier alpha value is -2.15. The number of hydrogen-bond donors (Lipinski definition) is 3. The van der Waals surface area contributed by atoms with E-state index in [4.69, 9.17) is 22.4 Å². The molecule has 118 valence electrons. The van der Waals surface area contributed by atoms with Crippen LogP contribution in [0.1, 0.15) is 37.6 Å². The first-order chi connectivity index (χ1) is 10.2. The van der Waals surface area contributed by atoms with E-state index < -0.39 is 11.4 Å². The lowest BCUT2D eigenvalue weighted by molar-refractivity contribution is -0.124. The predicted molar refractivity (Wildman–Crippen MR) is 85.9 cm³/mol. The number of carbonyl (C=O) groups excluding carboxylic acids is 2. The number of benzene rings is 1. The Morgan fingerprint density at radius 3 is 2.73 bits per heavy atom. The first-order valence-corrected chi connectivity index (χ1v) is 7.37. The summed E-state index contributed by atoms with van der Waals surface area (Å²) in [5, 5.41) is 2.72. The van der Waals surface area contributed by atoms with Crippen molar-refractivity contribution in [2.75, 3.05) is 0 Å². The number of nitrogens with two attached hydrogens (primary N) is 1. The zero-order valence-electron chi connectivity index (χ0n) is 12.7. The van der Waals surface area contributed by atoms with Crippen molar-refractivity contribution in [1.82, 2.24) is 10.3 Å². The van der Waals surface area contributed by atoms with Gasteiger partial charge in [0.1, 0.15) is 5.54 Å². The minimum absolute atomic E-state index is 0.211. The zero-order chi connectivity index (χ0) is 16.5. The van der Waals surface area contributed by atoms with E-state index in [2.05, 4.69) is 10.3 Å². The SMILES string of the molecule is CC(C)CC(C)(NC(=O)c1ccc2[nH]c(=S)oc2c1)C(N)=O. The maximum atomic E-state index is 12.4. The van der Waals surface area contributed by atoms with Crippen LogP contribution in [0.15, 0.2) is 22.6 Å². The maximum absolute atomic E-state index is 12.4. The van der Waals surface area contributed by atoms with Crippen LogP contribution in [-0.2, 0) is 4.79 Å². The summed E-state index contributed by atoms with van der Waals surface area (Å²) < 4.78 is 5.29. The molecule has 0 fully saturated rings. The van der Waals surface area contributed by atoms with Gasteiger partial charge >= 0.3 is 0 Å². The molecule has 0 bridgehead atoms. The summed E-state index contributed by atoms with van der Waals surface area (Å²) in [6, 6.07) is 4.91. The molecule has 4 N–H and O–H groups in total. The Morgan fingerprint density at radius 2 is 2.14 bits per heavy atom. The topological polar surface area (TPSA) is 101 Å². The van der Waals surface area contributed by atoms with E-state index in [-0.39, 0.29) is 16.7 Å². The van der Waals surface area contributed by atoms with Gasteiger partial charge in [0.25, 0.3) is 10.7 Å². The van der Waals surface area contributed by atoms with E-state index in [0.717, 1.165) is 0 Å². The Kier molecular flexibility index (Phi) is 4.37. The molecule has 0 radical (unpaired) electrons. The summed E-state index contributed by atoms with van der Waals surface area (Å²) in [6.07, 6.45) is 0.459. The number of oxazole rings is 1. The molecule has 0 saturated carbocycles. The van der Waals surface area contributed by atoms with Crippen molar-refractivity contribution in [3.63, 3.8) is 0 Å². The zero-order valence-corrected chi connectivity index (χ0v) is 13.5. The molecule has 1 aromatic heterocycles. The molecule has 0 aliphatic rings. The average Bonchev–Trinajstić information content (AvgIpc) is 2.76. The first kappa shape index (κ1) is 16.2. The molecule has 1 atom stereocenters. The Balaban J connectivity index is 2.28. The molecule has 0 aliphatic heterocycles. The summed E-state index contributed by atoms with van der Waals surface area (Å²) in [6.45, 7) is 5.56. The highest BCUT2D eigenvalue weighted by Gasteiger charge is 2.33. The standard InChI is InChI=1S/C15H19N3O3S/c1-8(2)7-15(3,13(16)20)18-12(19)9-4-5-10-11(6-9)21-14(22)17-10/h4-6,8H,7H2,1-3H3,(H2,16,20)(H,17,22)(H,18,19). The lowest BCUT2D eigenvalue weighted by atomic mass is 9.89. The lowest BCUT2D eigenvalue weighted by Crippen LogP contribution is -2.56. The van der Waals surface area contributed by atoms with E-state index in [9.17, 15) is 9.59 Å². The van der Waals surface area contributed by atoms with Crippen LogP contribution in [0.4, 0.5) is 0 Å². The van der Waals surface area contributed by atoms with Crippen LogP contribution in [0, 0.1) is 10.8 Å². The summed E-state index contributed by atoms with van der Waals surface area (Å²) in [5.74, 6) is -0.733. The summed E-state index contributed by atoms with van der Waals surface area (Å²) >= 11 is 4.91. The highest BCUT2D eigenvalue weighted by molar-refractivity contribution is 7.71. The van der Waals surface area contributed by atoms with Gasteiger partial charge in [-0.3, -0.25) is 9.59 Å². The quantitative estimate of drug-likeness (QED) is 0.736. The number of hydrogen-bond acceptors (Lipinski definition) is 4. The highest BCUT2D eigenvalue weighted by atomic mass is 32.1. The number of primary amides is 1. The van der Waals surface area contributed by atoms with Crippen LogP contribution >= 0.6 is 12.2 Å². The van der Waals surface area contributed by atoms with Crippen LogP contribution in [0.2, 0.25) is 0 Å². The van der Waals surface area contributed by atoms with Gasteiger partial charge in [-0.1, -0.05) is 13.8 Å². The molecule has 1 unspecified atom stereocenters. The van der Waals surface area contributed by atoms with Gasteiger partial charge in [0.05, 0.1) is 5.52 Å². The van der Waals surface area contributed by atoms with Gasteiger partial charge in [-0.15, -0.1) is 0 Å². The molecule has 0 aliphatic carbocycles. The number of aromatic nitrogens is 1. The van der Waals surface area contributed by atoms with Crippen molar-refractivity contribution < 1.29 is 14.0 Å².